The first-order valence-electron chi connectivity index (χ1n) is 6.19. The second-order valence-electron chi connectivity index (χ2n) is 5.13. The van der Waals surface area contributed by atoms with Gasteiger partial charge in [0.2, 0.25) is 0 Å². The van der Waals surface area contributed by atoms with Crippen LogP contribution < -0.4 is 0 Å². The second kappa shape index (κ2) is 4.63. The lowest BCUT2D eigenvalue weighted by Crippen LogP contribution is -2.50. The molecule has 0 aromatic rings. The average molecular weight is 196 g/mol. The summed E-state index contributed by atoms with van der Waals surface area (Å²) in [6.45, 7) is 2.71. The minimum Gasteiger partial charge on any atom is -0.305 e. The molecule has 1 aliphatic heterocycles. The highest BCUT2D eigenvalue weighted by molar-refractivity contribution is 4.89. The Morgan fingerprint density at radius 3 is 2.21 bits per heavy atom. The van der Waals surface area contributed by atoms with Crippen molar-refractivity contribution in [3.63, 3.8) is 0 Å². The highest BCUT2D eigenvalue weighted by Gasteiger charge is 2.32. The van der Waals surface area contributed by atoms with Gasteiger partial charge in [0.15, 0.2) is 0 Å². The third kappa shape index (κ3) is 2.12. The normalized spacial score (nSPS) is 35.4. The summed E-state index contributed by atoms with van der Waals surface area (Å²) >= 11 is 0. The Balaban J connectivity index is 1.98. The Labute approximate surface area is 88.3 Å². The molecule has 0 radical (unpaired) electrons. The first-order valence-corrected chi connectivity index (χ1v) is 6.19. The molecule has 2 nitrogen and oxygen atoms in total. The van der Waals surface area contributed by atoms with E-state index in [1.807, 2.05) is 0 Å². The van der Waals surface area contributed by atoms with Crippen molar-refractivity contribution in [2.75, 3.05) is 27.2 Å². The zero-order valence-corrected chi connectivity index (χ0v) is 9.71. The number of nitrogens with zero attached hydrogens (tertiary/aromatic N) is 2. The van der Waals surface area contributed by atoms with Crippen molar-refractivity contribution < 1.29 is 0 Å². The molecule has 1 aliphatic carbocycles. The Hall–Kier alpha value is -0.0800. The van der Waals surface area contributed by atoms with Crippen LogP contribution >= 0.6 is 0 Å². The first kappa shape index (κ1) is 10.4. The van der Waals surface area contributed by atoms with Crippen molar-refractivity contribution in [1.82, 2.24) is 9.80 Å². The smallest absolute Gasteiger partial charge is 0.0251 e. The van der Waals surface area contributed by atoms with E-state index in [1.165, 1.54) is 51.6 Å². The monoisotopic (exact) mass is 196 g/mol. The molecule has 1 heterocycles. The molecule has 0 amide bonds. The maximum Gasteiger partial charge on any atom is 0.0251 e. The van der Waals surface area contributed by atoms with Gasteiger partial charge in [-0.2, -0.15) is 0 Å². The van der Waals surface area contributed by atoms with E-state index >= 15 is 0 Å². The predicted molar refractivity (Wildman–Crippen MR) is 60.5 cm³/mol. The van der Waals surface area contributed by atoms with Gasteiger partial charge in [0, 0.05) is 12.1 Å². The van der Waals surface area contributed by atoms with E-state index in [0.717, 1.165) is 12.1 Å². The maximum absolute atomic E-state index is 2.74. The van der Waals surface area contributed by atoms with Gasteiger partial charge in [0.1, 0.15) is 0 Å². The predicted octanol–water partition coefficient (Wildman–Crippen LogP) is 1.95. The van der Waals surface area contributed by atoms with Crippen LogP contribution in [0.15, 0.2) is 0 Å². The van der Waals surface area contributed by atoms with Crippen LogP contribution in [-0.2, 0) is 0 Å². The maximum atomic E-state index is 2.74. The summed E-state index contributed by atoms with van der Waals surface area (Å²) in [5.41, 5.74) is 0. The zero-order valence-electron chi connectivity index (χ0n) is 9.71. The van der Waals surface area contributed by atoms with E-state index in [0.29, 0.717) is 0 Å². The molecule has 2 atom stereocenters. The van der Waals surface area contributed by atoms with E-state index in [2.05, 4.69) is 23.9 Å². The van der Waals surface area contributed by atoms with Crippen LogP contribution in [0, 0.1) is 0 Å². The molecule has 0 aromatic heterocycles. The summed E-state index contributed by atoms with van der Waals surface area (Å²) < 4.78 is 0. The van der Waals surface area contributed by atoms with Crippen LogP contribution in [0.1, 0.15) is 38.5 Å². The van der Waals surface area contributed by atoms with Gasteiger partial charge >= 0.3 is 0 Å². The molecule has 2 heteroatoms. The quantitative estimate of drug-likeness (QED) is 0.666. The molecule has 1 saturated heterocycles. The number of hydrogen-bond donors (Lipinski definition) is 0. The van der Waals surface area contributed by atoms with Gasteiger partial charge in [-0.3, -0.25) is 4.90 Å². The van der Waals surface area contributed by atoms with Gasteiger partial charge in [-0.15, -0.1) is 0 Å². The van der Waals surface area contributed by atoms with Gasteiger partial charge in [0.25, 0.3) is 0 Å². The Kier molecular flexibility index (Phi) is 3.45. The Morgan fingerprint density at radius 2 is 1.57 bits per heavy atom. The van der Waals surface area contributed by atoms with Gasteiger partial charge < -0.3 is 4.90 Å². The first-order chi connectivity index (χ1) is 6.79. The Morgan fingerprint density at radius 1 is 0.929 bits per heavy atom. The van der Waals surface area contributed by atoms with E-state index < -0.39 is 0 Å². The molecule has 0 aromatic carbocycles. The van der Waals surface area contributed by atoms with Crippen molar-refractivity contribution in [2.45, 2.75) is 50.6 Å². The minimum atomic E-state index is 0.821. The summed E-state index contributed by atoms with van der Waals surface area (Å²) in [5, 5.41) is 0. The fraction of sp³-hybridized carbons (Fsp3) is 1.00. The van der Waals surface area contributed by atoms with E-state index in [9.17, 15) is 0 Å². The largest absolute Gasteiger partial charge is 0.305 e. The minimum absolute atomic E-state index is 0.821. The summed E-state index contributed by atoms with van der Waals surface area (Å²) in [5.74, 6) is 0. The number of likely N-dealkylation sites (tertiary alicyclic amines) is 1. The van der Waals surface area contributed by atoms with Gasteiger partial charge in [-0.25, -0.2) is 0 Å². The third-order valence-electron chi connectivity index (χ3n) is 3.97. The van der Waals surface area contributed by atoms with Crippen molar-refractivity contribution in [3.8, 4) is 0 Å². The molecule has 14 heavy (non-hydrogen) atoms. The molecule has 0 spiro atoms. The van der Waals surface area contributed by atoms with Gasteiger partial charge in [-0.1, -0.05) is 12.8 Å². The molecule has 2 fully saturated rings. The van der Waals surface area contributed by atoms with Crippen molar-refractivity contribution in [2.24, 2.45) is 0 Å². The molecular weight excluding hydrogens is 172 g/mol. The third-order valence-corrected chi connectivity index (χ3v) is 3.97. The standard InChI is InChI=1S/C12H24N2/c1-13(2)11-7-3-4-8-12(11)14-9-5-6-10-14/h11-12H,3-10H2,1-2H3/t11-,12-/m0/s1. The summed E-state index contributed by atoms with van der Waals surface area (Å²) in [4.78, 5) is 5.19. The number of likely N-dealkylation sites (N-methyl/N-ethyl adjacent to an activating group) is 1. The van der Waals surface area contributed by atoms with Crippen LogP contribution in [0.3, 0.4) is 0 Å². The lowest BCUT2D eigenvalue weighted by atomic mass is 9.88. The van der Waals surface area contributed by atoms with Crippen LogP contribution in [0.2, 0.25) is 0 Å². The summed E-state index contributed by atoms with van der Waals surface area (Å²) in [7, 11) is 4.50. The molecule has 0 bridgehead atoms. The van der Waals surface area contributed by atoms with Crippen molar-refractivity contribution in [1.29, 1.82) is 0 Å². The van der Waals surface area contributed by atoms with Crippen molar-refractivity contribution >= 4 is 0 Å². The van der Waals surface area contributed by atoms with E-state index in [4.69, 9.17) is 0 Å². The molecule has 2 rings (SSSR count). The van der Waals surface area contributed by atoms with Crippen LogP contribution in [0.4, 0.5) is 0 Å². The Bertz CT molecular complexity index is 173. The second-order valence-corrected chi connectivity index (χ2v) is 5.13. The van der Waals surface area contributed by atoms with Crippen molar-refractivity contribution in [3.05, 3.63) is 0 Å². The number of rotatable bonds is 2. The van der Waals surface area contributed by atoms with Gasteiger partial charge in [-0.05, 0) is 52.9 Å². The molecule has 0 N–H and O–H groups in total. The van der Waals surface area contributed by atoms with Crippen LogP contribution in [0.25, 0.3) is 0 Å². The highest BCUT2D eigenvalue weighted by atomic mass is 15.2. The highest BCUT2D eigenvalue weighted by Crippen LogP contribution is 2.28. The zero-order chi connectivity index (χ0) is 9.97. The SMILES string of the molecule is CN(C)[C@H]1CCCC[C@@H]1N1CCCC1. The fourth-order valence-corrected chi connectivity index (χ4v) is 3.19. The average Bonchev–Trinajstić information content (AvgIpc) is 2.70. The molecular formula is C12H24N2. The topological polar surface area (TPSA) is 6.48 Å². The molecule has 82 valence electrons. The summed E-state index contributed by atoms with van der Waals surface area (Å²) in [6.07, 6.45) is 8.59. The van der Waals surface area contributed by atoms with Crippen LogP contribution in [-0.4, -0.2) is 49.1 Å². The summed E-state index contributed by atoms with van der Waals surface area (Å²) in [6, 6.07) is 1.68. The lowest BCUT2D eigenvalue weighted by molar-refractivity contribution is 0.0912. The molecule has 0 unspecified atom stereocenters. The number of hydrogen-bond acceptors (Lipinski definition) is 2. The van der Waals surface area contributed by atoms with Crippen LogP contribution in [0.5, 0.6) is 0 Å². The fourth-order valence-electron chi connectivity index (χ4n) is 3.19. The van der Waals surface area contributed by atoms with Gasteiger partial charge in [0.05, 0.1) is 0 Å². The van der Waals surface area contributed by atoms with E-state index in [1.54, 1.807) is 0 Å². The molecule has 2 aliphatic rings. The lowest BCUT2D eigenvalue weighted by Gasteiger charge is -2.41. The molecule has 1 saturated carbocycles. The van der Waals surface area contributed by atoms with E-state index in [-0.39, 0.29) is 0 Å².